The van der Waals surface area contributed by atoms with Crippen molar-refractivity contribution in [1.82, 2.24) is 5.32 Å². The van der Waals surface area contributed by atoms with Gasteiger partial charge in [0.2, 0.25) is 0 Å². The lowest BCUT2D eigenvalue weighted by Crippen LogP contribution is -2.41. The van der Waals surface area contributed by atoms with E-state index in [0.717, 1.165) is 56.8 Å². The highest BCUT2D eigenvalue weighted by molar-refractivity contribution is 6.01. The second kappa shape index (κ2) is 8.86. The first-order chi connectivity index (χ1) is 12.7. The topological polar surface area (TPSA) is 65.4 Å². The van der Waals surface area contributed by atoms with Crippen molar-refractivity contribution < 1.29 is 9.53 Å². The van der Waals surface area contributed by atoms with Crippen molar-refractivity contribution in [3.63, 3.8) is 0 Å². The lowest BCUT2D eigenvalue weighted by molar-refractivity contribution is -0.118. The third-order valence-electron chi connectivity index (χ3n) is 5.37. The zero-order valence-electron chi connectivity index (χ0n) is 15.4. The van der Waals surface area contributed by atoms with Crippen LogP contribution in [0.25, 0.3) is 6.08 Å². The highest BCUT2D eigenvalue weighted by Gasteiger charge is 2.24. The molecule has 0 spiro atoms. The van der Waals surface area contributed by atoms with Crippen molar-refractivity contribution in [3.8, 4) is 6.07 Å². The van der Waals surface area contributed by atoms with Gasteiger partial charge in [-0.05, 0) is 42.5 Å². The Morgan fingerprint density at radius 1 is 1.23 bits per heavy atom. The molecule has 0 radical (unpaired) electrons. The third-order valence-corrected chi connectivity index (χ3v) is 5.37. The van der Waals surface area contributed by atoms with Crippen molar-refractivity contribution in [2.45, 2.75) is 38.6 Å². The van der Waals surface area contributed by atoms with E-state index in [-0.39, 0.29) is 17.5 Å². The molecule has 1 aromatic rings. The number of ether oxygens (including phenoxy) is 1. The molecule has 1 aliphatic heterocycles. The number of nitrogens with one attached hydrogen (secondary N) is 1. The molecule has 2 aliphatic rings. The smallest absolute Gasteiger partial charge is 0.262 e. The Bertz CT molecular complexity index is 684. The first-order valence-electron chi connectivity index (χ1n) is 9.53. The molecule has 0 bridgehead atoms. The number of carbonyl (C=O) groups is 1. The molecule has 2 fully saturated rings. The molecule has 0 unspecified atom stereocenters. The predicted octanol–water partition coefficient (Wildman–Crippen LogP) is 3.13. The fourth-order valence-electron chi connectivity index (χ4n) is 3.70. The average molecular weight is 353 g/mol. The molecular formula is C21H27N3O2. The Morgan fingerprint density at radius 3 is 2.58 bits per heavy atom. The van der Waals surface area contributed by atoms with Crippen molar-refractivity contribution in [3.05, 3.63) is 35.4 Å². The van der Waals surface area contributed by atoms with Crippen LogP contribution < -0.4 is 10.2 Å². The van der Waals surface area contributed by atoms with Crippen LogP contribution in [0.5, 0.6) is 0 Å². The Balaban J connectivity index is 1.66. The predicted molar refractivity (Wildman–Crippen MR) is 103 cm³/mol. The fourth-order valence-corrected chi connectivity index (χ4v) is 3.70. The number of hydrogen-bond acceptors (Lipinski definition) is 4. The quantitative estimate of drug-likeness (QED) is 0.667. The summed E-state index contributed by atoms with van der Waals surface area (Å²) in [6.45, 7) is 5.45. The highest BCUT2D eigenvalue weighted by atomic mass is 16.5. The van der Waals surface area contributed by atoms with Gasteiger partial charge in [-0.2, -0.15) is 5.26 Å². The maximum atomic E-state index is 12.5. The zero-order chi connectivity index (χ0) is 18.4. The number of rotatable bonds is 4. The number of carbonyl (C=O) groups excluding carboxylic acids is 1. The summed E-state index contributed by atoms with van der Waals surface area (Å²) in [5.41, 5.74) is 2.18. The minimum atomic E-state index is -0.261. The van der Waals surface area contributed by atoms with Crippen LogP contribution in [-0.4, -0.2) is 38.3 Å². The SMILES string of the molecule is C[C@H]1CCCC[C@@H]1NC(=O)/C(C#N)=C\c1ccc(N2CCOCC2)cc1. The van der Waals surface area contributed by atoms with Gasteiger partial charge in [0.1, 0.15) is 11.6 Å². The van der Waals surface area contributed by atoms with E-state index in [4.69, 9.17) is 4.74 Å². The lowest BCUT2D eigenvalue weighted by Gasteiger charge is -2.29. The molecule has 1 heterocycles. The normalized spacial score (nSPS) is 24.0. The Kier molecular flexibility index (Phi) is 6.30. The van der Waals surface area contributed by atoms with Crippen LogP contribution in [0.4, 0.5) is 5.69 Å². The van der Waals surface area contributed by atoms with Gasteiger partial charge in [0.25, 0.3) is 5.91 Å². The second-order valence-electron chi connectivity index (χ2n) is 7.20. The number of morpholine rings is 1. The van der Waals surface area contributed by atoms with E-state index in [9.17, 15) is 10.1 Å². The van der Waals surface area contributed by atoms with Crippen LogP contribution in [0, 0.1) is 17.2 Å². The lowest BCUT2D eigenvalue weighted by atomic mass is 9.86. The van der Waals surface area contributed by atoms with Gasteiger partial charge in [-0.25, -0.2) is 0 Å². The van der Waals surface area contributed by atoms with Gasteiger partial charge >= 0.3 is 0 Å². The Morgan fingerprint density at radius 2 is 1.92 bits per heavy atom. The molecule has 0 aromatic heterocycles. The minimum Gasteiger partial charge on any atom is -0.378 e. The van der Waals surface area contributed by atoms with E-state index in [0.29, 0.717) is 5.92 Å². The highest BCUT2D eigenvalue weighted by Crippen LogP contribution is 2.24. The zero-order valence-corrected chi connectivity index (χ0v) is 15.4. The number of anilines is 1. The summed E-state index contributed by atoms with van der Waals surface area (Å²) in [4.78, 5) is 14.8. The van der Waals surface area contributed by atoms with Gasteiger partial charge in [0.15, 0.2) is 0 Å². The third kappa shape index (κ3) is 4.64. The van der Waals surface area contributed by atoms with Gasteiger partial charge in [-0.15, -0.1) is 0 Å². The molecule has 1 saturated heterocycles. The Labute approximate surface area is 155 Å². The molecule has 2 atom stereocenters. The van der Waals surface area contributed by atoms with E-state index < -0.39 is 0 Å². The van der Waals surface area contributed by atoms with Crippen molar-refractivity contribution in [1.29, 1.82) is 5.26 Å². The minimum absolute atomic E-state index is 0.168. The maximum absolute atomic E-state index is 12.5. The number of benzene rings is 1. The molecule has 1 aliphatic carbocycles. The summed E-state index contributed by atoms with van der Waals surface area (Å²) in [7, 11) is 0. The van der Waals surface area contributed by atoms with Gasteiger partial charge < -0.3 is 15.0 Å². The summed E-state index contributed by atoms with van der Waals surface area (Å²) in [5, 5.41) is 12.5. The number of nitriles is 1. The molecule has 5 nitrogen and oxygen atoms in total. The van der Waals surface area contributed by atoms with Crippen LogP contribution >= 0.6 is 0 Å². The van der Waals surface area contributed by atoms with Crippen LogP contribution in [0.1, 0.15) is 38.2 Å². The van der Waals surface area contributed by atoms with Crippen molar-refractivity contribution in [2.24, 2.45) is 5.92 Å². The second-order valence-corrected chi connectivity index (χ2v) is 7.20. The van der Waals surface area contributed by atoms with Gasteiger partial charge in [0, 0.05) is 24.8 Å². The number of hydrogen-bond donors (Lipinski definition) is 1. The molecule has 5 heteroatoms. The molecule has 3 rings (SSSR count). The van der Waals surface area contributed by atoms with Crippen LogP contribution in [-0.2, 0) is 9.53 Å². The first kappa shape index (κ1) is 18.5. The average Bonchev–Trinajstić information content (AvgIpc) is 2.69. The number of amides is 1. The molecule has 1 amide bonds. The summed E-state index contributed by atoms with van der Waals surface area (Å²) in [6, 6.07) is 10.2. The van der Waals surface area contributed by atoms with E-state index in [1.807, 2.05) is 24.3 Å². The van der Waals surface area contributed by atoms with Gasteiger partial charge in [-0.3, -0.25) is 4.79 Å². The Hall–Kier alpha value is -2.32. The number of nitrogens with zero attached hydrogens (tertiary/aromatic N) is 2. The van der Waals surface area contributed by atoms with Crippen LogP contribution in [0.2, 0.25) is 0 Å². The summed E-state index contributed by atoms with van der Waals surface area (Å²) >= 11 is 0. The fraction of sp³-hybridized carbons (Fsp3) is 0.524. The van der Waals surface area contributed by atoms with Crippen LogP contribution in [0.3, 0.4) is 0 Å². The molecule has 1 saturated carbocycles. The van der Waals surface area contributed by atoms with Crippen LogP contribution in [0.15, 0.2) is 29.8 Å². The monoisotopic (exact) mass is 353 g/mol. The van der Waals surface area contributed by atoms with E-state index in [2.05, 4.69) is 23.2 Å². The van der Waals surface area contributed by atoms with E-state index in [1.165, 1.54) is 6.42 Å². The van der Waals surface area contributed by atoms with E-state index in [1.54, 1.807) is 6.08 Å². The van der Waals surface area contributed by atoms with Gasteiger partial charge in [0.05, 0.1) is 13.2 Å². The van der Waals surface area contributed by atoms with Gasteiger partial charge in [-0.1, -0.05) is 31.9 Å². The summed E-state index contributed by atoms with van der Waals surface area (Å²) in [6.07, 6.45) is 6.18. The van der Waals surface area contributed by atoms with Crippen molar-refractivity contribution in [2.75, 3.05) is 31.2 Å². The first-order valence-corrected chi connectivity index (χ1v) is 9.53. The van der Waals surface area contributed by atoms with Crippen molar-refractivity contribution >= 4 is 17.7 Å². The molecule has 1 aromatic carbocycles. The summed E-state index contributed by atoms with van der Waals surface area (Å²) in [5.74, 6) is 0.212. The van der Waals surface area contributed by atoms with E-state index >= 15 is 0 Å². The molecular weight excluding hydrogens is 326 g/mol. The largest absolute Gasteiger partial charge is 0.378 e. The molecule has 1 N–H and O–H groups in total. The molecule has 138 valence electrons. The molecule has 26 heavy (non-hydrogen) atoms. The standard InChI is InChI=1S/C21H27N3O2/c1-16-4-2-3-5-20(16)23-21(25)18(15-22)14-17-6-8-19(9-7-17)24-10-12-26-13-11-24/h6-9,14,16,20H,2-5,10-13H2,1H3,(H,23,25)/b18-14-/t16-,20-/m0/s1. The maximum Gasteiger partial charge on any atom is 0.262 e. The summed E-state index contributed by atoms with van der Waals surface area (Å²) < 4.78 is 5.38.